The molecule has 0 aromatic heterocycles. The first-order chi connectivity index (χ1) is 6.54. The minimum absolute atomic E-state index is 0.122. The fourth-order valence-corrected chi connectivity index (χ4v) is 1.61. The maximum Gasteiger partial charge on any atom is 0.307 e. The average Bonchev–Trinajstić information content (AvgIpc) is 2.08. The molecule has 4 heteroatoms. The summed E-state index contributed by atoms with van der Waals surface area (Å²) < 4.78 is 0. The van der Waals surface area contributed by atoms with Crippen molar-refractivity contribution in [2.24, 2.45) is 0 Å². The number of rotatable bonds is 2. The van der Waals surface area contributed by atoms with Gasteiger partial charge in [0.2, 0.25) is 0 Å². The third kappa shape index (κ3) is 2.27. The Bertz CT molecular complexity index is 421. The topological polar surface area (TPSA) is 61.1 Å². The van der Waals surface area contributed by atoms with E-state index in [1.165, 1.54) is 0 Å². The second-order valence-electron chi connectivity index (χ2n) is 2.97. The number of aliphatic carboxylic acids is 1. The molecule has 0 saturated heterocycles. The summed E-state index contributed by atoms with van der Waals surface area (Å²) in [5.41, 5.74) is 1.74. The summed E-state index contributed by atoms with van der Waals surface area (Å²) in [6.07, 6.45) is -0.122. The summed E-state index contributed by atoms with van der Waals surface area (Å²) in [5, 5.41) is 17.5. The lowest BCUT2D eigenvalue weighted by molar-refractivity contribution is -0.136. The third-order valence-electron chi connectivity index (χ3n) is 1.91. The average molecular weight is 207 g/mol. The molecule has 1 N–H and O–H groups in total. The number of nitriles is 1. The van der Waals surface area contributed by atoms with E-state index in [0.717, 1.165) is 5.56 Å². The molecule has 0 heterocycles. The molecule has 0 aliphatic heterocycles. The summed E-state index contributed by atoms with van der Waals surface area (Å²) >= 11 is 4.12. The normalized spacial score (nSPS) is 9.50. The first kappa shape index (κ1) is 10.6. The van der Waals surface area contributed by atoms with Crippen LogP contribution in [0.4, 0.5) is 0 Å². The minimum Gasteiger partial charge on any atom is -0.481 e. The Morgan fingerprint density at radius 2 is 2.29 bits per heavy atom. The Hall–Kier alpha value is -1.47. The zero-order valence-electron chi connectivity index (χ0n) is 7.61. The van der Waals surface area contributed by atoms with Gasteiger partial charge in [-0.2, -0.15) is 5.26 Å². The van der Waals surface area contributed by atoms with Crippen LogP contribution in [-0.4, -0.2) is 11.1 Å². The molecule has 0 radical (unpaired) electrons. The molecule has 0 aliphatic carbocycles. The van der Waals surface area contributed by atoms with Crippen LogP contribution in [0.15, 0.2) is 17.0 Å². The number of hydrogen-bond acceptors (Lipinski definition) is 3. The van der Waals surface area contributed by atoms with Crippen molar-refractivity contribution >= 4 is 18.6 Å². The van der Waals surface area contributed by atoms with Crippen molar-refractivity contribution in [1.29, 1.82) is 5.26 Å². The molecule has 0 spiro atoms. The van der Waals surface area contributed by atoms with Gasteiger partial charge in [-0.1, -0.05) is 0 Å². The minimum atomic E-state index is -0.934. The molecular weight excluding hydrogens is 198 g/mol. The highest BCUT2D eigenvalue weighted by atomic mass is 32.1. The molecule has 72 valence electrons. The number of nitrogens with zero attached hydrogens (tertiary/aromatic N) is 1. The van der Waals surface area contributed by atoms with E-state index in [0.29, 0.717) is 16.0 Å². The highest BCUT2D eigenvalue weighted by Crippen LogP contribution is 2.19. The van der Waals surface area contributed by atoms with Crippen molar-refractivity contribution in [3.8, 4) is 6.07 Å². The van der Waals surface area contributed by atoms with E-state index >= 15 is 0 Å². The van der Waals surface area contributed by atoms with Gasteiger partial charge in [0.05, 0.1) is 18.1 Å². The summed E-state index contributed by atoms with van der Waals surface area (Å²) in [6, 6.07) is 5.30. The summed E-state index contributed by atoms with van der Waals surface area (Å²) in [4.78, 5) is 11.2. The molecule has 0 bridgehead atoms. The predicted molar refractivity (Wildman–Crippen MR) is 54.5 cm³/mol. The van der Waals surface area contributed by atoms with E-state index in [4.69, 9.17) is 10.4 Å². The molecule has 1 rings (SSSR count). The molecule has 0 amide bonds. The molecule has 0 fully saturated rings. The number of carbonyl (C=O) groups is 1. The van der Waals surface area contributed by atoms with E-state index in [-0.39, 0.29) is 6.42 Å². The van der Waals surface area contributed by atoms with Gasteiger partial charge in [-0.15, -0.1) is 12.6 Å². The number of carboxylic acids is 1. The Morgan fingerprint density at radius 3 is 2.79 bits per heavy atom. The van der Waals surface area contributed by atoms with Crippen LogP contribution in [0.2, 0.25) is 0 Å². The third-order valence-corrected chi connectivity index (χ3v) is 2.16. The maximum atomic E-state index is 10.5. The molecular formula is C10H9NO2S. The lowest BCUT2D eigenvalue weighted by Gasteiger charge is -2.06. The molecule has 0 saturated carbocycles. The zero-order chi connectivity index (χ0) is 10.7. The maximum absolute atomic E-state index is 10.5. The monoisotopic (exact) mass is 207 g/mol. The van der Waals surface area contributed by atoms with Crippen LogP contribution in [0.3, 0.4) is 0 Å². The summed E-state index contributed by atoms with van der Waals surface area (Å²) in [6.45, 7) is 1.78. The smallest absolute Gasteiger partial charge is 0.307 e. The van der Waals surface area contributed by atoms with Crippen molar-refractivity contribution in [2.45, 2.75) is 18.2 Å². The molecule has 14 heavy (non-hydrogen) atoms. The van der Waals surface area contributed by atoms with Crippen LogP contribution < -0.4 is 0 Å². The molecule has 0 unspecified atom stereocenters. The zero-order valence-corrected chi connectivity index (χ0v) is 8.51. The van der Waals surface area contributed by atoms with E-state index < -0.39 is 5.97 Å². The quantitative estimate of drug-likeness (QED) is 0.727. The van der Waals surface area contributed by atoms with Gasteiger partial charge in [0.15, 0.2) is 0 Å². The van der Waals surface area contributed by atoms with Gasteiger partial charge in [0.1, 0.15) is 0 Å². The van der Waals surface area contributed by atoms with E-state index in [1.54, 1.807) is 19.1 Å². The fraction of sp³-hybridized carbons (Fsp3) is 0.200. The predicted octanol–water partition coefficient (Wildman–Crippen LogP) is 1.78. The van der Waals surface area contributed by atoms with Crippen LogP contribution in [0.1, 0.15) is 16.7 Å². The van der Waals surface area contributed by atoms with Gasteiger partial charge in [-0.3, -0.25) is 4.79 Å². The van der Waals surface area contributed by atoms with Crippen molar-refractivity contribution < 1.29 is 9.90 Å². The van der Waals surface area contributed by atoms with Crippen molar-refractivity contribution in [3.05, 3.63) is 28.8 Å². The first-order valence-corrected chi connectivity index (χ1v) is 4.43. The van der Waals surface area contributed by atoms with Crippen molar-refractivity contribution in [1.82, 2.24) is 0 Å². The number of carboxylic acid groups (broad SMARTS) is 1. The van der Waals surface area contributed by atoms with Gasteiger partial charge in [0.25, 0.3) is 0 Å². The fourth-order valence-electron chi connectivity index (χ4n) is 1.28. The van der Waals surface area contributed by atoms with Crippen LogP contribution in [0, 0.1) is 18.3 Å². The van der Waals surface area contributed by atoms with Crippen LogP contribution in [0.5, 0.6) is 0 Å². The Balaban J connectivity index is 3.27. The highest BCUT2D eigenvalue weighted by Gasteiger charge is 2.10. The Kier molecular flexibility index (Phi) is 3.15. The van der Waals surface area contributed by atoms with Crippen LogP contribution in [-0.2, 0) is 11.2 Å². The van der Waals surface area contributed by atoms with Crippen LogP contribution >= 0.6 is 12.6 Å². The standard InChI is InChI=1S/C10H9NO2S/c1-6-2-8(14)3-7(5-11)9(6)4-10(12)13/h2-3,14H,4H2,1H3,(H,12,13). The SMILES string of the molecule is Cc1cc(S)cc(C#N)c1CC(=O)O. The molecule has 0 aliphatic rings. The van der Waals surface area contributed by atoms with Gasteiger partial charge >= 0.3 is 5.97 Å². The Labute approximate surface area is 87.4 Å². The lowest BCUT2D eigenvalue weighted by Crippen LogP contribution is -2.04. The van der Waals surface area contributed by atoms with Gasteiger partial charge in [-0.05, 0) is 30.2 Å². The van der Waals surface area contributed by atoms with Gasteiger partial charge in [-0.25, -0.2) is 0 Å². The number of benzene rings is 1. The highest BCUT2D eigenvalue weighted by molar-refractivity contribution is 7.80. The Morgan fingerprint density at radius 1 is 1.64 bits per heavy atom. The lowest BCUT2D eigenvalue weighted by atomic mass is 10.00. The summed E-state index contributed by atoms with van der Waals surface area (Å²) in [5.74, 6) is -0.934. The molecule has 3 nitrogen and oxygen atoms in total. The van der Waals surface area contributed by atoms with Crippen LogP contribution in [0.25, 0.3) is 0 Å². The second-order valence-corrected chi connectivity index (χ2v) is 3.49. The number of hydrogen-bond donors (Lipinski definition) is 2. The van der Waals surface area contributed by atoms with E-state index in [9.17, 15) is 4.79 Å². The van der Waals surface area contributed by atoms with Gasteiger partial charge in [0, 0.05) is 4.90 Å². The first-order valence-electron chi connectivity index (χ1n) is 3.99. The molecule has 1 aromatic carbocycles. The van der Waals surface area contributed by atoms with E-state index in [2.05, 4.69) is 12.6 Å². The largest absolute Gasteiger partial charge is 0.481 e. The summed E-state index contributed by atoms with van der Waals surface area (Å²) in [7, 11) is 0. The van der Waals surface area contributed by atoms with Crippen molar-refractivity contribution in [3.63, 3.8) is 0 Å². The van der Waals surface area contributed by atoms with E-state index in [1.807, 2.05) is 6.07 Å². The second kappa shape index (κ2) is 4.16. The van der Waals surface area contributed by atoms with Crippen molar-refractivity contribution in [2.75, 3.05) is 0 Å². The molecule has 0 atom stereocenters. The molecule has 1 aromatic rings. The number of thiol groups is 1. The van der Waals surface area contributed by atoms with Gasteiger partial charge < -0.3 is 5.11 Å². The number of aryl methyl sites for hydroxylation is 1.